The molecule has 0 bridgehead atoms. The average molecular weight is 516 g/mol. The van der Waals surface area contributed by atoms with E-state index in [1.54, 1.807) is 29.2 Å². The fraction of sp³-hybridized carbons (Fsp3) is 0.167. The molecule has 10 heteroatoms. The van der Waals surface area contributed by atoms with Crippen LogP contribution in [0.2, 0.25) is 10.0 Å². The molecule has 0 aromatic heterocycles. The van der Waals surface area contributed by atoms with Crippen molar-refractivity contribution < 1.29 is 18.0 Å². The summed E-state index contributed by atoms with van der Waals surface area (Å²) in [6, 6.07) is 17.3. The molecule has 2 aliphatic heterocycles. The topological polar surface area (TPSA) is 86.8 Å². The standard InChI is InChI=1S/C24H19Cl2N3O4S/c25-18-10-17(11-19(26)13-18)23(30)28-9-8-16-12-20(6-7-22(16)28)34(32,33)29-14-21(27-24(29)31)15-4-2-1-3-5-15/h1-7,10-13,21H,8-9,14H2,(H,27,31). The SMILES string of the molecule is O=C(c1cc(Cl)cc(Cl)c1)N1CCc2cc(S(=O)(=O)N3CC(c4ccccc4)NC3=O)ccc21. The summed E-state index contributed by atoms with van der Waals surface area (Å²) in [6.45, 7) is 0.393. The predicted octanol–water partition coefficient (Wildman–Crippen LogP) is 4.65. The normalized spacial score (nSPS) is 17.6. The highest BCUT2D eigenvalue weighted by molar-refractivity contribution is 7.89. The number of carbonyl (C=O) groups is 2. The van der Waals surface area contributed by atoms with Crippen LogP contribution in [-0.4, -0.2) is 37.8 Å². The summed E-state index contributed by atoms with van der Waals surface area (Å²) in [7, 11) is -4.07. The number of benzene rings is 3. The second kappa shape index (κ2) is 8.61. The molecule has 3 amide bonds. The van der Waals surface area contributed by atoms with Gasteiger partial charge in [0.15, 0.2) is 0 Å². The van der Waals surface area contributed by atoms with E-state index >= 15 is 0 Å². The van der Waals surface area contributed by atoms with Gasteiger partial charge in [-0.1, -0.05) is 53.5 Å². The van der Waals surface area contributed by atoms with Crippen molar-refractivity contribution in [1.82, 2.24) is 9.62 Å². The van der Waals surface area contributed by atoms with Crippen LogP contribution in [0.4, 0.5) is 10.5 Å². The highest BCUT2D eigenvalue weighted by atomic mass is 35.5. The van der Waals surface area contributed by atoms with Crippen molar-refractivity contribution >= 4 is 50.9 Å². The largest absolute Gasteiger partial charge is 0.331 e. The van der Waals surface area contributed by atoms with E-state index < -0.39 is 22.1 Å². The molecule has 0 saturated carbocycles. The van der Waals surface area contributed by atoms with Crippen LogP contribution < -0.4 is 10.2 Å². The number of halogens is 2. The summed E-state index contributed by atoms with van der Waals surface area (Å²) < 4.78 is 27.4. The Bertz CT molecular complexity index is 1390. The molecular weight excluding hydrogens is 497 g/mol. The highest BCUT2D eigenvalue weighted by Crippen LogP contribution is 2.34. The monoisotopic (exact) mass is 515 g/mol. The molecule has 1 unspecified atom stereocenters. The molecule has 1 N–H and O–H groups in total. The van der Waals surface area contributed by atoms with Gasteiger partial charge in [0.25, 0.3) is 15.9 Å². The van der Waals surface area contributed by atoms with Gasteiger partial charge >= 0.3 is 6.03 Å². The number of hydrogen-bond donors (Lipinski definition) is 1. The maximum atomic E-state index is 13.3. The molecule has 34 heavy (non-hydrogen) atoms. The predicted molar refractivity (Wildman–Crippen MR) is 130 cm³/mol. The molecule has 1 atom stereocenters. The second-order valence-corrected chi connectivity index (χ2v) is 10.8. The van der Waals surface area contributed by atoms with Gasteiger partial charge in [-0.15, -0.1) is 0 Å². The van der Waals surface area contributed by atoms with E-state index in [2.05, 4.69) is 5.32 Å². The summed E-state index contributed by atoms with van der Waals surface area (Å²) in [5.41, 5.74) is 2.51. The Morgan fingerprint density at radius 2 is 1.68 bits per heavy atom. The third-order valence-corrected chi connectivity index (χ3v) is 8.14. The van der Waals surface area contributed by atoms with E-state index in [1.165, 1.54) is 12.1 Å². The van der Waals surface area contributed by atoms with Crippen LogP contribution in [0, 0.1) is 0 Å². The summed E-state index contributed by atoms with van der Waals surface area (Å²) in [4.78, 5) is 27.2. The van der Waals surface area contributed by atoms with Crippen molar-refractivity contribution in [2.24, 2.45) is 0 Å². The third-order valence-electron chi connectivity index (χ3n) is 5.96. The van der Waals surface area contributed by atoms with Crippen molar-refractivity contribution in [2.45, 2.75) is 17.4 Å². The van der Waals surface area contributed by atoms with E-state index in [4.69, 9.17) is 23.2 Å². The maximum Gasteiger partial charge on any atom is 0.331 e. The lowest BCUT2D eigenvalue weighted by atomic mass is 10.1. The molecule has 7 nitrogen and oxygen atoms in total. The number of nitrogens with one attached hydrogen (secondary N) is 1. The van der Waals surface area contributed by atoms with E-state index in [0.29, 0.717) is 39.8 Å². The van der Waals surface area contributed by atoms with Gasteiger partial charge in [-0.25, -0.2) is 17.5 Å². The van der Waals surface area contributed by atoms with Crippen LogP contribution >= 0.6 is 23.2 Å². The van der Waals surface area contributed by atoms with Crippen molar-refractivity contribution in [2.75, 3.05) is 18.0 Å². The van der Waals surface area contributed by atoms with Gasteiger partial charge in [0.1, 0.15) is 0 Å². The van der Waals surface area contributed by atoms with E-state index in [9.17, 15) is 18.0 Å². The summed E-state index contributed by atoms with van der Waals surface area (Å²) >= 11 is 12.1. The highest BCUT2D eigenvalue weighted by Gasteiger charge is 2.39. The number of carbonyl (C=O) groups excluding carboxylic acids is 2. The molecule has 3 aromatic rings. The molecule has 5 rings (SSSR count). The number of hydrogen-bond acceptors (Lipinski definition) is 4. The molecular formula is C24H19Cl2N3O4S. The van der Waals surface area contributed by atoms with E-state index in [-0.39, 0.29) is 17.3 Å². The molecule has 3 aromatic carbocycles. The van der Waals surface area contributed by atoms with Crippen molar-refractivity contribution in [3.8, 4) is 0 Å². The van der Waals surface area contributed by atoms with Gasteiger partial charge in [0.2, 0.25) is 0 Å². The Kier molecular flexibility index (Phi) is 5.75. The fourth-order valence-corrected chi connectivity index (χ4v) is 6.23. The van der Waals surface area contributed by atoms with Crippen LogP contribution in [0.5, 0.6) is 0 Å². The third kappa shape index (κ3) is 4.02. The first-order chi connectivity index (χ1) is 16.2. The molecule has 1 saturated heterocycles. The van der Waals surface area contributed by atoms with E-state index in [0.717, 1.165) is 9.87 Å². The van der Waals surface area contributed by atoms with Gasteiger partial charge < -0.3 is 10.2 Å². The number of nitrogens with zero attached hydrogens (tertiary/aromatic N) is 2. The number of urea groups is 1. The van der Waals surface area contributed by atoms with E-state index in [1.807, 2.05) is 30.3 Å². The first-order valence-electron chi connectivity index (χ1n) is 10.5. The van der Waals surface area contributed by atoms with Crippen molar-refractivity contribution in [3.05, 3.63) is 93.5 Å². The molecule has 0 aliphatic carbocycles. The Hall–Kier alpha value is -3.07. The summed E-state index contributed by atoms with van der Waals surface area (Å²) in [5.74, 6) is -0.275. The smallest absolute Gasteiger partial charge is 0.328 e. The average Bonchev–Trinajstić information content (AvgIpc) is 3.42. The molecule has 0 radical (unpaired) electrons. The number of fused-ring (bicyclic) bond motifs is 1. The molecule has 2 heterocycles. The van der Waals surface area contributed by atoms with Gasteiger partial charge in [-0.05, 0) is 53.9 Å². The zero-order chi connectivity index (χ0) is 24.0. The minimum atomic E-state index is -4.07. The minimum absolute atomic E-state index is 0.00238. The van der Waals surface area contributed by atoms with Crippen LogP contribution in [0.3, 0.4) is 0 Å². The minimum Gasteiger partial charge on any atom is -0.328 e. The number of rotatable bonds is 4. The van der Waals surface area contributed by atoms with Gasteiger partial charge in [0, 0.05) is 27.8 Å². The molecule has 174 valence electrons. The van der Waals surface area contributed by atoms with Gasteiger partial charge in [-0.3, -0.25) is 4.79 Å². The Morgan fingerprint density at radius 3 is 2.38 bits per heavy atom. The Morgan fingerprint density at radius 1 is 0.971 bits per heavy atom. The molecule has 0 spiro atoms. The number of anilines is 1. The van der Waals surface area contributed by atoms with Crippen LogP contribution in [0.15, 0.2) is 71.6 Å². The molecule has 2 aliphatic rings. The summed E-state index contributed by atoms with van der Waals surface area (Å²) in [6.07, 6.45) is 0.484. The number of amides is 3. The van der Waals surface area contributed by atoms with Crippen molar-refractivity contribution in [3.63, 3.8) is 0 Å². The van der Waals surface area contributed by atoms with Gasteiger partial charge in [-0.2, -0.15) is 0 Å². The lowest BCUT2D eigenvalue weighted by molar-refractivity contribution is 0.0989. The first kappa shape index (κ1) is 22.7. The fourth-order valence-electron chi connectivity index (χ4n) is 4.31. The molecule has 1 fully saturated rings. The quantitative estimate of drug-likeness (QED) is 0.547. The van der Waals surface area contributed by atoms with Crippen LogP contribution in [-0.2, 0) is 16.4 Å². The van der Waals surface area contributed by atoms with Crippen LogP contribution in [0.25, 0.3) is 0 Å². The first-order valence-corrected chi connectivity index (χ1v) is 12.7. The Labute approximate surface area is 206 Å². The lowest BCUT2D eigenvalue weighted by Crippen LogP contribution is -2.34. The zero-order valence-electron chi connectivity index (χ0n) is 17.7. The lowest BCUT2D eigenvalue weighted by Gasteiger charge is -2.19. The second-order valence-electron chi connectivity index (χ2n) is 8.10. The number of sulfonamides is 1. The van der Waals surface area contributed by atoms with Crippen LogP contribution in [0.1, 0.15) is 27.5 Å². The zero-order valence-corrected chi connectivity index (χ0v) is 20.1. The summed E-state index contributed by atoms with van der Waals surface area (Å²) in [5, 5.41) is 3.44. The Balaban J connectivity index is 1.40. The van der Waals surface area contributed by atoms with Gasteiger partial charge in [0.05, 0.1) is 17.5 Å². The van der Waals surface area contributed by atoms with Crippen molar-refractivity contribution in [1.29, 1.82) is 0 Å². The maximum absolute atomic E-state index is 13.3.